The maximum atomic E-state index is 10.5. The molecule has 0 unspecified atom stereocenters. The summed E-state index contributed by atoms with van der Waals surface area (Å²) < 4.78 is 29.4. The van der Waals surface area contributed by atoms with E-state index in [1.165, 1.54) is 0 Å². The standard InChI is InChI=1S/C6H6O5S.Mg.2H/c7-4-1-5(8)3-6(2-4)12(9,10)11;;;/h1-3,7-8H,(H,9,10,11);;;/q;+2;2*-1. The smallest absolute Gasteiger partial charge is 1.00 e. The third-order valence-corrected chi connectivity index (χ3v) is 2.01. The van der Waals surface area contributed by atoms with E-state index in [1.54, 1.807) is 0 Å². The zero-order chi connectivity index (χ0) is 9.35. The van der Waals surface area contributed by atoms with E-state index in [9.17, 15) is 8.42 Å². The molecule has 0 atom stereocenters. The van der Waals surface area contributed by atoms with Crippen LogP contribution in [0.2, 0.25) is 0 Å². The van der Waals surface area contributed by atoms with Crippen LogP contribution in [-0.4, -0.2) is 46.2 Å². The van der Waals surface area contributed by atoms with E-state index in [1.807, 2.05) is 0 Å². The Morgan fingerprint density at radius 1 is 1.08 bits per heavy atom. The van der Waals surface area contributed by atoms with Crippen LogP contribution >= 0.6 is 0 Å². The molecular weight excluding hydrogens is 208 g/mol. The second-order valence-electron chi connectivity index (χ2n) is 2.16. The average molecular weight is 216 g/mol. The molecule has 7 heteroatoms. The molecule has 3 N–H and O–H groups in total. The van der Waals surface area contributed by atoms with Gasteiger partial charge in [-0.2, -0.15) is 8.42 Å². The summed E-state index contributed by atoms with van der Waals surface area (Å²) in [5.41, 5.74) is 0. The number of phenolic OH excluding ortho intramolecular Hbond substituents is 2. The molecule has 13 heavy (non-hydrogen) atoms. The second kappa shape index (κ2) is 4.14. The fourth-order valence-electron chi connectivity index (χ4n) is 0.717. The van der Waals surface area contributed by atoms with Crippen LogP contribution in [0.15, 0.2) is 23.1 Å². The van der Waals surface area contributed by atoms with Crippen molar-refractivity contribution in [2.45, 2.75) is 4.90 Å². The topological polar surface area (TPSA) is 94.8 Å². The first-order valence-electron chi connectivity index (χ1n) is 2.90. The van der Waals surface area contributed by atoms with Crippen LogP contribution in [-0.2, 0) is 10.1 Å². The van der Waals surface area contributed by atoms with Gasteiger partial charge in [0.05, 0.1) is 0 Å². The van der Waals surface area contributed by atoms with Crippen molar-refractivity contribution in [2.75, 3.05) is 0 Å². The first-order valence-corrected chi connectivity index (χ1v) is 4.34. The van der Waals surface area contributed by atoms with Crippen LogP contribution in [0.3, 0.4) is 0 Å². The van der Waals surface area contributed by atoms with Gasteiger partial charge in [0.25, 0.3) is 10.1 Å². The van der Waals surface area contributed by atoms with Crippen LogP contribution in [0.1, 0.15) is 2.85 Å². The molecule has 0 aliphatic heterocycles. The molecule has 70 valence electrons. The van der Waals surface area contributed by atoms with E-state index in [0.717, 1.165) is 18.2 Å². The number of phenols is 2. The quantitative estimate of drug-likeness (QED) is 0.460. The van der Waals surface area contributed by atoms with E-state index in [4.69, 9.17) is 14.8 Å². The Morgan fingerprint density at radius 2 is 1.46 bits per heavy atom. The predicted molar refractivity (Wildman–Crippen MR) is 47.6 cm³/mol. The van der Waals surface area contributed by atoms with Gasteiger partial charge in [-0.15, -0.1) is 0 Å². The molecule has 0 aromatic heterocycles. The predicted octanol–water partition coefficient (Wildman–Crippen LogP) is 0.189. The SMILES string of the molecule is O=S(=O)(O)c1cc(O)cc(O)c1.[H-].[H-].[Mg+2]. The Balaban J connectivity index is -0.000000480. The molecule has 1 aromatic rings. The minimum Gasteiger partial charge on any atom is -1.00 e. The molecule has 5 nitrogen and oxygen atoms in total. The second-order valence-corrected chi connectivity index (χ2v) is 3.58. The first kappa shape index (κ1) is 12.5. The average Bonchev–Trinajstić information content (AvgIpc) is 1.82. The molecule has 0 bridgehead atoms. The summed E-state index contributed by atoms with van der Waals surface area (Å²) in [6.07, 6.45) is 0. The van der Waals surface area contributed by atoms with Gasteiger partial charge in [-0.25, -0.2) is 0 Å². The molecule has 0 heterocycles. The minimum atomic E-state index is -4.37. The van der Waals surface area contributed by atoms with Gasteiger partial charge >= 0.3 is 23.1 Å². The number of hydrogen-bond acceptors (Lipinski definition) is 4. The number of benzene rings is 1. The van der Waals surface area contributed by atoms with Gasteiger partial charge in [0.15, 0.2) is 0 Å². The number of rotatable bonds is 1. The summed E-state index contributed by atoms with van der Waals surface area (Å²) in [5, 5.41) is 17.6. The van der Waals surface area contributed by atoms with Gasteiger partial charge < -0.3 is 13.1 Å². The Hall–Kier alpha value is -0.504. The maximum Gasteiger partial charge on any atom is 2.00 e. The molecule has 0 saturated heterocycles. The van der Waals surface area contributed by atoms with Crippen molar-refractivity contribution in [3.8, 4) is 11.5 Å². The molecular formula is C6H8MgO5S. The van der Waals surface area contributed by atoms with Crippen molar-refractivity contribution in [2.24, 2.45) is 0 Å². The largest absolute Gasteiger partial charge is 2.00 e. The molecule has 1 rings (SSSR count). The third kappa shape index (κ3) is 3.39. The van der Waals surface area contributed by atoms with Crippen molar-refractivity contribution in [3.63, 3.8) is 0 Å². The Morgan fingerprint density at radius 3 is 1.77 bits per heavy atom. The fraction of sp³-hybridized carbons (Fsp3) is 0. The van der Waals surface area contributed by atoms with E-state index in [0.29, 0.717) is 0 Å². The van der Waals surface area contributed by atoms with E-state index >= 15 is 0 Å². The van der Waals surface area contributed by atoms with Gasteiger partial charge in [-0.05, 0) is 0 Å². The summed E-state index contributed by atoms with van der Waals surface area (Å²) >= 11 is 0. The van der Waals surface area contributed by atoms with Crippen LogP contribution in [0.5, 0.6) is 11.5 Å². The van der Waals surface area contributed by atoms with Crippen molar-refractivity contribution in [3.05, 3.63) is 18.2 Å². The van der Waals surface area contributed by atoms with Crippen molar-refractivity contribution in [1.82, 2.24) is 0 Å². The summed E-state index contributed by atoms with van der Waals surface area (Å²) in [5.74, 6) is -0.856. The molecule has 0 amide bonds. The minimum absolute atomic E-state index is 0. The molecule has 0 spiro atoms. The molecule has 0 fully saturated rings. The van der Waals surface area contributed by atoms with Gasteiger partial charge in [0.1, 0.15) is 16.4 Å². The van der Waals surface area contributed by atoms with E-state index in [2.05, 4.69) is 0 Å². The molecule has 1 aromatic carbocycles. The van der Waals surface area contributed by atoms with Crippen LogP contribution in [0.4, 0.5) is 0 Å². The third-order valence-electron chi connectivity index (χ3n) is 1.17. The Labute approximate surface area is 93.9 Å². The van der Waals surface area contributed by atoms with Crippen LogP contribution in [0, 0.1) is 0 Å². The zero-order valence-corrected chi connectivity index (χ0v) is 8.74. The number of hydrogen-bond donors (Lipinski definition) is 3. The van der Waals surface area contributed by atoms with E-state index in [-0.39, 0.29) is 25.9 Å². The van der Waals surface area contributed by atoms with Crippen LogP contribution < -0.4 is 0 Å². The fourth-order valence-corrected chi connectivity index (χ4v) is 1.26. The Bertz CT molecular complexity index is 388. The molecule has 0 saturated carbocycles. The first-order chi connectivity index (χ1) is 5.39. The summed E-state index contributed by atoms with van der Waals surface area (Å²) in [7, 11) is -4.37. The maximum absolute atomic E-state index is 10.5. The molecule has 0 aliphatic rings. The van der Waals surface area contributed by atoms with Crippen molar-refractivity contribution >= 4 is 33.2 Å². The summed E-state index contributed by atoms with van der Waals surface area (Å²) in [6.45, 7) is 0. The van der Waals surface area contributed by atoms with Crippen molar-refractivity contribution in [1.29, 1.82) is 0 Å². The summed E-state index contributed by atoms with van der Waals surface area (Å²) in [4.78, 5) is -0.542. The monoisotopic (exact) mass is 216 g/mol. The van der Waals surface area contributed by atoms with Crippen LogP contribution in [0.25, 0.3) is 0 Å². The number of aromatic hydroxyl groups is 2. The van der Waals surface area contributed by atoms with Gasteiger partial charge in [-0.1, -0.05) is 0 Å². The molecule has 0 radical (unpaired) electrons. The van der Waals surface area contributed by atoms with Gasteiger partial charge in [0, 0.05) is 18.2 Å². The van der Waals surface area contributed by atoms with Gasteiger partial charge in [-0.3, -0.25) is 4.55 Å². The molecule has 0 aliphatic carbocycles. The normalized spacial score (nSPS) is 10.5. The van der Waals surface area contributed by atoms with Crippen molar-refractivity contribution < 1.29 is 26.0 Å². The van der Waals surface area contributed by atoms with E-state index < -0.39 is 26.5 Å². The summed E-state index contributed by atoms with van der Waals surface area (Å²) in [6, 6.07) is 2.61. The van der Waals surface area contributed by atoms with Gasteiger partial charge in [0.2, 0.25) is 0 Å². The Kier molecular flexibility index (Phi) is 3.98. The zero-order valence-electron chi connectivity index (χ0n) is 8.51.